The molecule has 1 aromatic rings. The van der Waals surface area contributed by atoms with E-state index in [9.17, 15) is 0 Å². The molecule has 3 heteroatoms. The van der Waals surface area contributed by atoms with E-state index in [-0.39, 0.29) is 0 Å². The summed E-state index contributed by atoms with van der Waals surface area (Å²) >= 11 is 3.51. The van der Waals surface area contributed by atoms with Crippen LogP contribution in [0.2, 0.25) is 0 Å². The molecule has 0 aliphatic carbocycles. The zero-order valence-corrected chi connectivity index (χ0v) is 11.1. The van der Waals surface area contributed by atoms with Gasteiger partial charge in [-0.1, -0.05) is 13.8 Å². The highest BCUT2D eigenvalue weighted by molar-refractivity contribution is 9.10. The molecule has 0 fully saturated rings. The van der Waals surface area contributed by atoms with E-state index in [4.69, 9.17) is 4.74 Å². The van der Waals surface area contributed by atoms with E-state index in [1.165, 1.54) is 6.42 Å². The maximum Gasteiger partial charge on any atom is 0.121 e. The molecule has 0 atom stereocenters. The molecule has 0 unspecified atom stereocenters. The fraction of sp³-hybridized carbons (Fsp3) is 0.500. The smallest absolute Gasteiger partial charge is 0.121 e. The van der Waals surface area contributed by atoms with Crippen LogP contribution in [-0.4, -0.2) is 13.7 Å². The number of halogens is 1. The van der Waals surface area contributed by atoms with Gasteiger partial charge in [0.05, 0.1) is 12.8 Å². The van der Waals surface area contributed by atoms with Crippen molar-refractivity contribution in [2.24, 2.45) is 5.92 Å². The lowest BCUT2D eigenvalue weighted by Crippen LogP contribution is -2.05. The lowest BCUT2D eigenvalue weighted by atomic mass is 10.1. The number of benzene rings is 1. The van der Waals surface area contributed by atoms with E-state index in [1.807, 2.05) is 18.2 Å². The lowest BCUT2D eigenvalue weighted by molar-refractivity contribution is 0.415. The van der Waals surface area contributed by atoms with Crippen LogP contribution in [0.5, 0.6) is 5.75 Å². The molecule has 0 amide bonds. The van der Waals surface area contributed by atoms with E-state index < -0.39 is 0 Å². The van der Waals surface area contributed by atoms with Gasteiger partial charge in [-0.15, -0.1) is 0 Å². The highest BCUT2D eigenvalue weighted by atomic mass is 79.9. The van der Waals surface area contributed by atoms with Crippen LogP contribution in [0.1, 0.15) is 20.3 Å². The molecule has 0 heterocycles. The monoisotopic (exact) mass is 271 g/mol. The summed E-state index contributed by atoms with van der Waals surface area (Å²) in [4.78, 5) is 0. The van der Waals surface area contributed by atoms with Crippen molar-refractivity contribution in [1.82, 2.24) is 0 Å². The minimum atomic E-state index is 0.724. The number of ether oxygens (including phenoxy) is 1. The Labute approximate surface area is 100 Å². The highest BCUT2D eigenvalue weighted by Gasteiger charge is 2.01. The Morgan fingerprint density at radius 1 is 1.40 bits per heavy atom. The molecule has 0 radical (unpaired) electrons. The molecule has 1 rings (SSSR count). The number of rotatable bonds is 5. The van der Waals surface area contributed by atoms with Crippen molar-refractivity contribution in [2.45, 2.75) is 20.3 Å². The maximum atomic E-state index is 5.18. The van der Waals surface area contributed by atoms with Crippen LogP contribution < -0.4 is 10.1 Å². The van der Waals surface area contributed by atoms with Gasteiger partial charge in [0, 0.05) is 17.1 Å². The quantitative estimate of drug-likeness (QED) is 0.877. The van der Waals surface area contributed by atoms with Crippen LogP contribution in [0.4, 0.5) is 5.69 Å². The van der Waals surface area contributed by atoms with E-state index in [0.717, 1.165) is 28.4 Å². The lowest BCUT2D eigenvalue weighted by Gasteiger charge is -2.11. The predicted molar refractivity (Wildman–Crippen MR) is 68.6 cm³/mol. The van der Waals surface area contributed by atoms with Crippen molar-refractivity contribution in [2.75, 3.05) is 19.0 Å². The van der Waals surface area contributed by atoms with E-state index in [1.54, 1.807) is 7.11 Å². The van der Waals surface area contributed by atoms with Crippen molar-refractivity contribution < 1.29 is 4.74 Å². The normalized spacial score (nSPS) is 10.5. The highest BCUT2D eigenvalue weighted by Crippen LogP contribution is 2.27. The first-order valence-electron chi connectivity index (χ1n) is 5.21. The first-order valence-corrected chi connectivity index (χ1v) is 6.00. The standard InChI is InChI=1S/C12H18BrNO/c1-9(2)6-7-14-12-8-10(15-3)4-5-11(12)13/h4-5,8-9,14H,6-7H2,1-3H3. The maximum absolute atomic E-state index is 5.18. The second kappa shape index (κ2) is 6.01. The molecule has 0 aliphatic heterocycles. The topological polar surface area (TPSA) is 21.3 Å². The Bertz CT molecular complexity index is 312. The van der Waals surface area contributed by atoms with Gasteiger partial charge in [0.1, 0.15) is 5.75 Å². The largest absolute Gasteiger partial charge is 0.497 e. The van der Waals surface area contributed by atoms with Crippen LogP contribution >= 0.6 is 15.9 Å². The Morgan fingerprint density at radius 3 is 2.73 bits per heavy atom. The zero-order valence-electron chi connectivity index (χ0n) is 9.51. The molecule has 0 saturated heterocycles. The van der Waals surface area contributed by atoms with Gasteiger partial charge in [-0.25, -0.2) is 0 Å². The van der Waals surface area contributed by atoms with Gasteiger partial charge in [-0.05, 0) is 40.4 Å². The van der Waals surface area contributed by atoms with Crippen molar-refractivity contribution >= 4 is 21.6 Å². The number of methoxy groups -OCH3 is 1. The van der Waals surface area contributed by atoms with Crippen LogP contribution in [0.15, 0.2) is 22.7 Å². The van der Waals surface area contributed by atoms with Crippen LogP contribution in [-0.2, 0) is 0 Å². The molecule has 15 heavy (non-hydrogen) atoms. The van der Waals surface area contributed by atoms with Crippen LogP contribution in [0, 0.1) is 5.92 Å². The Kier molecular flexibility index (Phi) is 4.95. The molecule has 0 spiro atoms. The molecular weight excluding hydrogens is 254 g/mol. The van der Waals surface area contributed by atoms with Crippen LogP contribution in [0.25, 0.3) is 0 Å². The van der Waals surface area contributed by atoms with E-state index >= 15 is 0 Å². The summed E-state index contributed by atoms with van der Waals surface area (Å²) in [6, 6.07) is 5.94. The molecule has 1 N–H and O–H groups in total. The molecule has 2 nitrogen and oxygen atoms in total. The first kappa shape index (κ1) is 12.4. The molecule has 1 aromatic carbocycles. The first-order chi connectivity index (χ1) is 7.13. The fourth-order valence-corrected chi connectivity index (χ4v) is 1.65. The SMILES string of the molecule is COc1ccc(Br)c(NCCC(C)C)c1. The minimum absolute atomic E-state index is 0.724. The average molecular weight is 272 g/mol. The van der Waals surface area contributed by atoms with Crippen molar-refractivity contribution in [3.63, 3.8) is 0 Å². The van der Waals surface area contributed by atoms with Gasteiger partial charge >= 0.3 is 0 Å². The molecule has 0 bridgehead atoms. The summed E-state index contributed by atoms with van der Waals surface area (Å²) in [6.45, 7) is 5.44. The van der Waals surface area contributed by atoms with Crippen molar-refractivity contribution in [3.8, 4) is 5.75 Å². The van der Waals surface area contributed by atoms with Crippen molar-refractivity contribution in [3.05, 3.63) is 22.7 Å². The summed E-state index contributed by atoms with van der Waals surface area (Å²) < 4.78 is 6.25. The minimum Gasteiger partial charge on any atom is -0.497 e. The predicted octanol–water partition coefficient (Wildman–Crippen LogP) is 3.92. The third kappa shape index (κ3) is 4.12. The number of anilines is 1. The van der Waals surface area contributed by atoms with Gasteiger partial charge < -0.3 is 10.1 Å². The summed E-state index contributed by atoms with van der Waals surface area (Å²) in [6.07, 6.45) is 1.17. The summed E-state index contributed by atoms with van der Waals surface area (Å²) in [5, 5.41) is 3.39. The summed E-state index contributed by atoms with van der Waals surface area (Å²) in [7, 11) is 1.68. The Hall–Kier alpha value is -0.700. The summed E-state index contributed by atoms with van der Waals surface area (Å²) in [5.74, 6) is 1.60. The zero-order chi connectivity index (χ0) is 11.3. The molecule has 0 aromatic heterocycles. The number of hydrogen-bond donors (Lipinski definition) is 1. The van der Waals surface area contributed by atoms with Gasteiger partial charge in [-0.2, -0.15) is 0 Å². The number of nitrogens with one attached hydrogen (secondary N) is 1. The second-order valence-corrected chi connectivity index (χ2v) is 4.81. The second-order valence-electron chi connectivity index (χ2n) is 3.96. The van der Waals surface area contributed by atoms with Gasteiger partial charge in [0.15, 0.2) is 0 Å². The Morgan fingerprint density at radius 2 is 2.13 bits per heavy atom. The van der Waals surface area contributed by atoms with Gasteiger partial charge in [-0.3, -0.25) is 0 Å². The Balaban J connectivity index is 2.59. The molecule has 84 valence electrons. The molecular formula is C12H18BrNO. The van der Waals surface area contributed by atoms with Gasteiger partial charge in [0.25, 0.3) is 0 Å². The fourth-order valence-electron chi connectivity index (χ4n) is 1.26. The third-order valence-electron chi connectivity index (χ3n) is 2.21. The van der Waals surface area contributed by atoms with Crippen molar-refractivity contribution in [1.29, 1.82) is 0 Å². The molecule has 0 aliphatic rings. The molecule has 0 saturated carbocycles. The average Bonchev–Trinajstić information content (AvgIpc) is 2.20. The van der Waals surface area contributed by atoms with E-state index in [2.05, 4.69) is 35.1 Å². The number of hydrogen-bond acceptors (Lipinski definition) is 2. The third-order valence-corrected chi connectivity index (χ3v) is 2.90. The summed E-state index contributed by atoms with van der Waals surface area (Å²) in [5.41, 5.74) is 1.09. The van der Waals surface area contributed by atoms with Crippen LogP contribution in [0.3, 0.4) is 0 Å². The van der Waals surface area contributed by atoms with E-state index in [0.29, 0.717) is 0 Å². The van der Waals surface area contributed by atoms with Gasteiger partial charge in [0.2, 0.25) is 0 Å².